The first-order valence-corrected chi connectivity index (χ1v) is 5.85. The van der Waals surface area contributed by atoms with Crippen LogP contribution in [-0.2, 0) is 6.42 Å². The highest BCUT2D eigenvalue weighted by Crippen LogP contribution is 2.05. The number of amides is 1. The van der Waals surface area contributed by atoms with Crippen molar-refractivity contribution in [1.82, 2.24) is 20.3 Å². The zero-order valence-electron chi connectivity index (χ0n) is 10.5. The predicted octanol–water partition coefficient (Wildman–Crippen LogP) is 0.957. The van der Waals surface area contributed by atoms with E-state index in [-0.39, 0.29) is 5.91 Å². The second kappa shape index (κ2) is 5.78. The van der Waals surface area contributed by atoms with E-state index in [1.54, 1.807) is 31.5 Å². The smallest absolute Gasteiger partial charge is 0.269 e. The molecule has 2 rings (SSSR count). The van der Waals surface area contributed by atoms with Gasteiger partial charge < -0.3 is 10.3 Å². The van der Waals surface area contributed by atoms with E-state index >= 15 is 0 Å². The molecular formula is C13H13N5O. The molecule has 0 saturated carbocycles. The number of carbonyl (C=O) groups excluding carboxylic acids is 1. The van der Waals surface area contributed by atoms with Crippen LogP contribution < -0.4 is 5.32 Å². The molecule has 0 aromatic carbocycles. The van der Waals surface area contributed by atoms with Gasteiger partial charge in [-0.1, -0.05) is 0 Å². The van der Waals surface area contributed by atoms with Crippen LogP contribution in [-0.4, -0.2) is 27.4 Å². The van der Waals surface area contributed by atoms with Gasteiger partial charge in [0.05, 0.1) is 11.3 Å². The molecule has 0 saturated heterocycles. The number of nitriles is 1. The molecule has 2 aromatic rings. The van der Waals surface area contributed by atoms with Gasteiger partial charge in [-0.3, -0.25) is 4.79 Å². The molecule has 6 nitrogen and oxygen atoms in total. The van der Waals surface area contributed by atoms with E-state index in [4.69, 9.17) is 5.26 Å². The molecule has 0 spiro atoms. The van der Waals surface area contributed by atoms with Crippen LogP contribution in [0.3, 0.4) is 0 Å². The lowest BCUT2D eigenvalue weighted by molar-refractivity contribution is 0.0949. The number of H-pyrrole nitrogens is 1. The highest BCUT2D eigenvalue weighted by atomic mass is 16.1. The number of carbonyl (C=O) groups is 1. The van der Waals surface area contributed by atoms with Gasteiger partial charge in [-0.25, -0.2) is 9.97 Å². The molecule has 0 fully saturated rings. The molecule has 19 heavy (non-hydrogen) atoms. The molecule has 1 amide bonds. The quantitative estimate of drug-likeness (QED) is 0.850. The van der Waals surface area contributed by atoms with Gasteiger partial charge in [0.2, 0.25) is 0 Å². The molecule has 0 aliphatic carbocycles. The molecule has 96 valence electrons. The Kier molecular flexibility index (Phi) is 3.88. The maximum absolute atomic E-state index is 11.8. The number of nitrogens with one attached hydrogen (secondary N) is 2. The molecule has 0 radical (unpaired) electrons. The first kappa shape index (κ1) is 12.8. The monoisotopic (exact) mass is 255 g/mol. The summed E-state index contributed by atoms with van der Waals surface area (Å²) in [6, 6.07) is 5.17. The van der Waals surface area contributed by atoms with Gasteiger partial charge in [-0.15, -0.1) is 0 Å². The standard InChI is InChI=1S/C13H13N5O/c1-9-10(8-14)2-3-11(18-9)13(19)17-5-4-12-15-6-7-16-12/h2-3,6-7H,4-5H2,1H3,(H,15,16)(H,17,19). The van der Waals surface area contributed by atoms with Gasteiger partial charge in [0.1, 0.15) is 17.6 Å². The first-order valence-electron chi connectivity index (χ1n) is 5.85. The lowest BCUT2D eigenvalue weighted by atomic mass is 10.2. The van der Waals surface area contributed by atoms with E-state index in [9.17, 15) is 4.79 Å². The second-order valence-corrected chi connectivity index (χ2v) is 3.98. The van der Waals surface area contributed by atoms with Crippen LogP contribution in [0.2, 0.25) is 0 Å². The third-order valence-corrected chi connectivity index (χ3v) is 2.64. The summed E-state index contributed by atoms with van der Waals surface area (Å²) in [6.07, 6.45) is 4.04. The number of pyridine rings is 1. The number of imidazole rings is 1. The van der Waals surface area contributed by atoms with Crippen LogP contribution in [0, 0.1) is 18.3 Å². The maximum atomic E-state index is 11.8. The molecule has 2 N–H and O–H groups in total. The Morgan fingerprint density at radius 1 is 1.53 bits per heavy atom. The summed E-state index contributed by atoms with van der Waals surface area (Å²) < 4.78 is 0. The van der Waals surface area contributed by atoms with Crippen molar-refractivity contribution in [3.05, 3.63) is 47.3 Å². The van der Waals surface area contributed by atoms with Gasteiger partial charge in [0.25, 0.3) is 5.91 Å². The fourth-order valence-electron chi connectivity index (χ4n) is 1.63. The summed E-state index contributed by atoms with van der Waals surface area (Å²) in [4.78, 5) is 23.0. The van der Waals surface area contributed by atoms with Gasteiger partial charge >= 0.3 is 0 Å². The summed E-state index contributed by atoms with van der Waals surface area (Å²) in [7, 11) is 0. The lowest BCUT2D eigenvalue weighted by Crippen LogP contribution is -2.27. The molecule has 0 aliphatic rings. The SMILES string of the molecule is Cc1nc(C(=O)NCCc2ncc[nH]2)ccc1C#N. The Labute approximate surface area is 110 Å². The third-order valence-electron chi connectivity index (χ3n) is 2.64. The van der Waals surface area contributed by atoms with Crippen LogP contribution in [0.25, 0.3) is 0 Å². The van der Waals surface area contributed by atoms with Crippen molar-refractivity contribution in [3.63, 3.8) is 0 Å². The average Bonchev–Trinajstić information content (AvgIpc) is 2.91. The van der Waals surface area contributed by atoms with Gasteiger partial charge in [-0.05, 0) is 19.1 Å². The van der Waals surface area contributed by atoms with Crippen molar-refractivity contribution in [2.75, 3.05) is 6.54 Å². The highest BCUT2D eigenvalue weighted by Gasteiger charge is 2.09. The van der Waals surface area contributed by atoms with E-state index in [0.717, 1.165) is 5.82 Å². The Hall–Kier alpha value is -2.68. The van der Waals surface area contributed by atoms with E-state index in [0.29, 0.717) is 29.9 Å². The largest absolute Gasteiger partial charge is 0.350 e. The predicted molar refractivity (Wildman–Crippen MR) is 68.3 cm³/mol. The van der Waals surface area contributed by atoms with Crippen molar-refractivity contribution < 1.29 is 4.79 Å². The van der Waals surface area contributed by atoms with Crippen molar-refractivity contribution >= 4 is 5.91 Å². The zero-order valence-corrected chi connectivity index (χ0v) is 10.5. The van der Waals surface area contributed by atoms with E-state index in [1.807, 2.05) is 6.07 Å². The number of hydrogen-bond donors (Lipinski definition) is 2. The van der Waals surface area contributed by atoms with E-state index in [1.165, 1.54) is 0 Å². The Morgan fingerprint density at radius 2 is 2.37 bits per heavy atom. The van der Waals surface area contributed by atoms with Crippen molar-refractivity contribution in [2.45, 2.75) is 13.3 Å². The van der Waals surface area contributed by atoms with E-state index < -0.39 is 0 Å². The minimum absolute atomic E-state index is 0.251. The Morgan fingerprint density at radius 3 is 3.00 bits per heavy atom. The number of aryl methyl sites for hydroxylation is 1. The van der Waals surface area contributed by atoms with Crippen molar-refractivity contribution in [2.24, 2.45) is 0 Å². The second-order valence-electron chi connectivity index (χ2n) is 3.98. The van der Waals surface area contributed by atoms with Crippen LogP contribution in [0.5, 0.6) is 0 Å². The molecule has 0 aliphatic heterocycles. The van der Waals surface area contributed by atoms with Crippen LogP contribution in [0.15, 0.2) is 24.5 Å². The topological polar surface area (TPSA) is 94.5 Å². The summed E-state index contributed by atoms with van der Waals surface area (Å²) in [5, 5.41) is 11.6. The molecule has 2 aromatic heterocycles. The zero-order chi connectivity index (χ0) is 13.7. The van der Waals surface area contributed by atoms with Crippen LogP contribution >= 0.6 is 0 Å². The number of nitrogens with zero attached hydrogens (tertiary/aromatic N) is 3. The summed E-state index contributed by atoms with van der Waals surface area (Å²) >= 11 is 0. The number of hydrogen-bond acceptors (Lipinski definition) is 4. The van der Waals surface area contributed by atoms with Gasteiger partial charge in [0.15, 0.2) is 0 Å². The van der Waals surface area contributed by atoms with E-state index in [2.05, 4.69) is 20.3 Å². The normalized spacial score (nSPS) is 9.89. The minimum Gasteiger partial charge on any atom is -0.350 e. The Balaban J connectivity index is 1.93. The lowest BCUT2D eigenvalue weighted by Gasteiger charge is -2.04. The summed E-state index contributed by atoms with van der Waals surface area (Å²) in [5.74, 6) is 0.573. The summed E-state index contributed by atoms with van der Waals surface area (Å²) in [5.41, 5.74) is 1.35. The molecule has 0 unspecified atom stereocenters. The molecule has 0 bridgehead atoms. The Bertz CT molecular complexity index is 612. The molecule has 0 atom stereocenters. The number of aromatic amines is 1. The fourth-order valence-corrected chi connectivity index (χ4v) is 1.63. The van der Waals surface area contributed by atoms with Crippen LogP contribution in [0.4, 0.5) is 0 Å². The highest BCUT2D eigenvalue weighted by molar-refractivity contribution is 5.92. The number of rotatable bonds is 4. The van der Waals surface area contributed by atoms with Gasteiger partial charge in [-0.2, -0.15) is 5.26 Å². The van der Waals surface area contributed by atoms with Crippen molar-refractivity contribution in [1.29, 1.82) is 5.26 Å². The molecule has 2 heterocycles. The minimum atomic E-state index is -0.251. The first-order chi connectivity index (χ1) is 9.20. The molecular weight excluding hydrogens is 242 g/mol. The average molecular weight is 255 g/mol. The third kappa shape index (κ3) is 3.16. The maximum Gasteiger partial charge on any atom is 0.269 e. The molecule has 6 heteroatoms. The van der Waals surface area contributed by atoms with Crippen LogP contribution in [0.1, 0.15) is 27.6 Å². The van der Waals surface area contributed by atoms with Gasteiger partial charge in [0, 0.05) is 25.4 Å². The number of aromatic nitrogens is 3. The van der Waals surface area contributed by atoms with Crippen molar-refractivity contribution in [3.8, 4) is 6.07 Å². The summed E-state index contributed by atoms with van der Waals surface area (Å²) in [6.45, 7) is 2.19. The fraction of sp³-hybridized carbons (Fsp3) is 0.231.